The topological polar surface area (TPSA) is 41.6 Å². The monoisotopic (exact) mass is 237 g/mol. The third-order valence-corrected chi connectivity index (χ3v) is 4.46. The second-order valence-corrected chi connectivity index (χ2v) is 5.77. The maximum Gasteiger partial charge on any atom is 0.191 e. The summed E-state index contributed by atoms with van der Waals surface area (Å²) in [6.45, 7) is 5.53. The zero-order valence-corrected chi connectivity index (χ0v) is 11.2. The third-order valence-electron chi connectivity index (χ3n) is 4.46. The van der Waals surface area contributed by atoms with Gasteiger partial charge in [0, 0.05) is 19.6 Å². The minimum Gasteiger partial charge on any atom is -0.370 e. The third kappa shape index (κ3) is 3.62. The number of guanidine groups is 1. The Morgan fingerprint density at radius 3 is 2.53 bits per heavy atom. The zero-order valence-electron chi connectivity index (χ0n) is 11.2. The molecule has 0 aromatic heterocycles. The van der Waals surface area contributed by atoms with E-state index in [1.807, 2.05) is 0 Å². The average molecular weight is 237 g/mol. The van der Waals surface area contributed by atoms with Gasteiger partial charge < -0.3 is 10.6 Å². The number of hydrogen-bond acceptors (Lipinski definition) is 1. The van der Waals surface area contributed by atoms with Crippen LogP contribution in [0.4, 0.5) is 0 Å². The summed E-state index contributed by atoms with van der Waals surface area (Å²) in [5, 5.41) is 0. The molecule has 3 nitrogen and oxygen atoms in total. The first-order valence-corrected chi connectivity index (χ1v) is 7.32. The Morgan fingerprint density at radius 2 is 1.82 bits per heavy atom. The van der Waals surface area contributed by atoms with Crippen molar-refractivity contribution in [1.29, 1.82) is 0 Å². The first-order chi connectivity index (χ1) is 8.27. The van der Waals surface area contributed by atoms with Gasteiger partial charge >= 0.3 is 0 Å². The highest BCUT2D eigenvalue weighted by atomic mass is 15.2. The van der Waals surface area contributed by atoms with Gasteiger partial charge in [-0.3, -0.25) is 4.99 Å². The van der Waals surface area contributed by atoms with Crippen LogP contribution in [-0.4, -0.2) is 30.5 Å². The van der Waals surface area contributed by atoms with E-state index in [-0.39, 0.29) is 0 Å². The Balaban J connectivity index is 1.81. The van der Waals surface area contributed by atoms with Gasteiger partial charge in [0.25, 0.3) is 0 Å². The van der Waals surface area contributed by atoms with Crippen molar-refractivity contribution in [1.82, 2.24) is 4.90 Å². The lowest BCUT2D eigenvalue weighted by Gasteiger charge is -2.30. The van der Waals surface area contributed by atoms with Crippen molar-refractivity contribution >= 4 is 5.96 Å². The second kappa shape index (κ2) is 6.27. The molecular formula is C14H27N3. The van der Waals surface area contributed by atoms with Gasteiger partial charge in [0.05, 0.1) is 0 Å². The number of nitrogens with zero attached hydrogens (tertiary/aromatic N) is 2. The van der Waals surface area contributed by atoms with Gasteiger partial charge in [0.2, 0.25) is 0 Å². The molecule has 0 spiro atoms. The number of hydrogen-bond donors (Lipinski definition) is 1. The van der Waals surface area contributed by atoms with Crippen molar-refractivity contribution in [3.05, 3.63) is 0 Å². The van der Waals surface area contributed by atoms with E-state index in [2.05, 4.69) is 16.8 Å². The van der Waals surface area contributed by atoms with Crippen LogP contribution < -0.4 is 5.73 Å². The fourth-order valence-corrected chi connectivity index (χ4v) is 3.10. The molecular weight excluding hydrogens is 210 g/mol. The minimum atomic E-state index is 0.770. The number of rotatable bonds is 2. The number of likely N-dealkylation sites (tertiary alicyclic amines) is 1. The van der Waals surface area contributed by atoms with Crippen molar-refractivity contribution in [2.75, 3.05) is 19.6 Å². The summed E-state index contributed by atoms with van der Waals surface area (Å²) in [6.07, 6.45) is 9.41. The SMILES string of the molecule is CC1CCCCC1CN=C(N)N1CCCCC1. The van der Waals surface area contributed by atoms with Gasteiger partial charge in [-0.25, -0.2) is 0 Å². The quantitative estimate of drug-likeness (QED) is 0.592. The molecule has 2 N–H and O–H groups in total. The van der Waals surface area contributed by atoms with Crippen molar-refractivity contribution in [3.63, 3.8) is 0 Å². The standard InChI is InChI=1S/C14H27N3/c1-12-7-3-4-8-13(12)11-16-14(15)17-9-5-2-6-10-17/h12-13H,2-11H2,1H3,(H2,15,16). The molecule has 0 aromatic rings. The van der Waals surface area contributed by atoms with Crippen LogP contribution in [-0.2, 0) is 0 Å². The van der Waals surface area contributed by atoms with Crippen LogP contribution in [0.5, 0.6) is 0 Å². The predicted octanol–water partition coefficient (Wildman–Crippen LogP) is 2.61. The summed E-state index contributed by atoms with van der Waals surface area (Å²) in [7, 11) is 0. The number of piperidine rings is 1. The molecule has 1 aliphatic heterocycles. The Bertz CT molecular complexity index is 256. The molecule has 2 atom stereocenters. The highest BCUT2D eigenvalue weighted by Gasteiger charge is 2.21. The van der Waals surface area contributed by atoms with Crippen LogP contribution in [0.2, 0.25) is 0 Å². The molecule has 98 valence electrons. The summed E-state index contributed by atoms with van der Waals surface area (Å²) in [5.41, 5.74) is 6.09. The van der Waals surface area contributed by atoms with E-state index in [4.69, 9.17) is 5.73 Å². The smallest absolute Gasteiger partial charge is 0.191 e. The molecule has 0 amide bonds. The summed E-state index contributed by atoms with van der Waals surface area (Å²) < 4.78 is 0. The normalized spacial score (nSPS) is 31.6. The first kappa shape index (κ1) is 12.7. The lowest BCUT2D eigenvalue weighted by Crippen LogP contribution is -2.41. The van der Waals surface area contributed by atoms with Gasteiger partial charge in [-0.15, -0.1) is 0 Å². The second-order valence-electron chi connectivity index (χ2n) is 5.77. The van der Waals surface area contributed by atoms with Crippen molar-refractivity contribution < 1.29 is 0 Å². The molecule has 17 heavy (non-hydrogen) atoms. The van der Waals surface area contributed by atoms with Crippen LogP contribution in [0, 0.1) is 11.8 Å². The van der Waals surface area contributed by atoms with Crippen molar-refractivity contribution in [3.8, 4) is 0 Å². The predicted molar refractivity (Wildman–Crippen MR) is 73.0 cm³/mol. The van der Waals surface area contributed by atoms with Crippen LogP contribution >= 0.6 is 0 Å². The lowest BCUT2D eigenvalue weighted by atomic mass is 9.80. The molecule has 1 aliphatic carbocycles. The van der Waals surface area contributed by atoms with Gasteiger partial charge in [0.1, 0.15) is 0 Å². The highest BCUT2D eigenvalue weighted by molar-refractivity contribution is 5.78. The maximum absolute atomic E-state index is 6.09. The minimum absolute atomic E-state index is 0.770. The Morgan fingerprint density at radius 1 is 1.12 bits per heavy atom. The van der Waals surface area contributed by atoms with Gasteiger partial charge in [-0.1, -0.05) is 26.2 Å². The van der Waals surface area contributed by atoms with E-state index in [1.54, 1.807) is 0 Å². The molecule has 0 aromatic carbocycles. The summed E-state index contributed by atoms with van der Waals surface area (Å²) in [4.78, 5) is 6.90. The zero-order chi connectivity index (χ0) is 12.1. The Labute approximate surface area is 105 Å². The molecule has 2 rings (SSSR count). The largest absolute Gasteiger partial charge is 0.370 e. The van der Waals surface area contributed by atoms with E-state index >= 15 is 0 Å². The van der Waals surface area contributed by atoms with Crippen LogP contribution in [0.1, 0.15) is 51.9 Å². The number of aliphatic imine (C=N–C) groups is 1. The molecule has 3 heteroatoms. The van der Waals surface area contributed by atoms with Crippen molar-refractivity contribution in [2.45, 2.75) is 51.9 Å². The fraction of sp³-hybridized carbons (Fsp3) is 0.929. The van der Waals surface area contributed by atoms with Crippen molar-refractivity contribution in [2.24, 2.45) is 22.6 Å². The van der Waals surface area contributed by atoms with E-state index in [0.29, 0.717) is 0 Å². The molecule has 2 fully saturated rings. The summed E-state index contributed by atoms with van der Waals surface area (Å²) in [5.74, 6) is 2.40. The van der Waals surface area contributed by atoms with Gasteiger partial charge in [-0.05, 0) is 37.5 Å². The van der Waals surface area contributed by atoms with Gasteiger partial charge in [-0.2, -0.15) is 0 Å². The fourth-order valence-electron chi connectivity index (χ4n) is 3.10. The van der Waals surface area contributed by atoms with E-state index < -0.39 is 0 Å². The van der Waals surface area contributed by atoms with E-state index in [0.717, 1.165) is 37.4 Å². The van der Waals surface area contributed by atoms with Crippen LogP contribution in [0.3, 0.4) is 0 Å². The molecule has 1 saturated heterocycles. The van der Waals surface area contributed by atoms with E-state index in [1.165, 1.54) is 44.9 Å². The maximum atomic E-state index is 6.09. The molecule has 1 heterocycles. The van der Waals surface area contributed by atoms with Crippen LogP contribution in [0.15, 0.2) is 4.99 Å². The number of nitrogens with two attached hydrogens (primary N) is 1. The average Bonchev–Trinajstić information content (AvgIpc) is 2.38. The Hall–Kier alpha value is -0.730. The van der Waals surface area contributed by atoms with E-state index in [9.17, 15) is 0 Å². The summed E-state index contributed by atoms with van der Waals surface area (Å²) in [6, 6.07) is 0. The molecule has 0 bridgehead atoms. The molecule has 2 aliphatic rings. The summed E-state index contributed by atoms with van der Waals surface area (Å²) >= 11 is 0. The van der Waals surface area contributed by atoms with Crippen LogP contribution in [0.25, 0.3) is 0 Å². The molecule has 2 unspecified atom stereocenters. The lowest BCUT2D eigenvalue weighted by molar-refractivity contribution is 0.262. The highest BCUT2D eigenvalue weighted by Crippen LogP contribution is 2.29. The van der Waals surface area contributed by atoms with Gasteiger partial charge in [0.15, 0.2) is 5.96 Å². The Kier molecular flexibility index (Phi) is 4.69. The first-order valence-electron chi connectivity index (χ1n) is 7.32. The molecule has 1 saturated carbocycles. The molecule has 0 radical (unpaired) electrons.